The van der Waals surface area contributed by atoms with E-state index in [1.165, 1.54) is 12.8 Å². The van der Waals surface area contributed by atoms with E-state index in [4.69, 9.17) is 4.74 Å². The molecule has 1 aromatic rings. The Kier molecular flexibility index (Phi) is 5.39. The first-order valence-corrected chi connectivity index (χ1v) is 8.88. The molecule has 138 valence electrons. The number of carbonyl (C=O) groups excluding carboxylic acids is 2. The first kappa shape index (κ1) is 17.9. The first-order chi connectivity index (χ1) is 12.0. The number of nitrogens with one attached hydrogen (secondary N) is 1. The lowest BCUT2D eigenvalue weighted by Gasteiger charge is -2.37. The number of hydrogen-bond acceptors (Lipinski definition) is 5. The summed E-state index contributed by atoms with van der Waals surface area (Å²) in [4.78, 5) is 28.7. The van der Waals surface area contributed by atoms with Gasteiger partial charge in [-0.15, -0.1) is 0 Å². The summed E-state index contributed by atoms with van der Waals surface area (Å²) in [5, 5.41) is 7.12. The number of amides is 2. The second-order valence-corrected chi connectivity index (χ2v) is 6.78. The zero-order chi connectivity index (χ0) is 18.0. The molecule has 2 amide bonds. The van der Waals surface area contributed by atoms with Crippen LogP contribution in [0.2, 0.25) is 0 Å². The molecule has 0 spiro atoms. The number of aromatic nitrogens is 2. The monoisotopic (exact) mass is 349 g/mol. The summed E-state index contributed by atoms with van der Waals surface area (Å²) in [5.74, 6) is -0.316. The van der Waals surface area contributed by atoms with E-state index in [1.54, 1.807) is 29.9 Å². The van der Waals surface area contributed by atoms with E-state index in [-0.39, 0.29) is 18.4 Å². The fourth-order valence-corrected chi connectivity index (χ4v) is 3.38. The normalized spacial score (nSPS) is 24.0. The maximum absolute atomic E-state index is 12.7. The molecule has 1 saturated heterocycles. The number of nitrogens with zero attached hydrogens (tertiary/aromatic N) is 4. The predicted octanol–water partition coefficient (Wildman–Crippen LogP) is -0.0811. The predicted molar refractivity (Wildman–Crippen MR) is 91.7 cm³/mol. The van der Waals surface area contributed by atoms with Crippen molar-refractivity contribution < 1.29 is 14.3 Å². The summed E-state index contributed by atoms with van der Waals surface area (Å²) in [5.41, 5.74) is 0.798. The zero-order valence-electron chi connectivity index (χ0n) is 15.1. The minimum absolute atomic E-state index is 0.0749. The first-order valence-electron chi connectivity index (χ1n) is 8.88. The Balaban J connectivity index is 1.63. The van der Waals surface area contributed by atoms with Crippen LogP contribution in [0, 0.1) is 0 Å². The molecule has 8 heteroatoms. The van der Waals surface area contributed by atoms with Gasteiger partial charge in [0.15, 0.2) is 6.10 Å². The highest BCUT2D eigenvalue weighted by Gasteiger charge is 2.40. The fraction of sp³-hybridized carbons (Fsp3) is 0.706. The molecule has 2 heterocycles. The highest BCUT2D eigenvalue weighted by atomic mass is 16.5. The van der Waals surface area contributed by atoms with E-state index in [9.17, 15) is 9.59 Å². The zero-order valence-corrected chi connectivity index (χ0v) is 15.1. The molecule has 0 aromatic carbocycles. The van der Waals surface area contributed by atoms with Gasteiger partial charge in [-0.2, -0.15) is 5.10 Å². The van der Waals surface area contributed by atoms with E-state index in [1.807, 2.05) is 6.20 Å². The molecule has 1 N–H and O–H groups in total. The number of likely N-dealkylation sites (N-methyl/N-ethyl adjacent to an activating group) is 2. The van der Waals surface area contributed by atoms with Crippen LogP contribution in [0.3, 0.4) is 0 Å². The largest absolute Gasteiger partial charge is 0.356 e. The topological polar surface area (TPSA) is 79.7 Å². The third-order valence-electron chi connectivity index (χ3n) is 4.98. The lowest BCUT2D eigenvalue weighted by atomic mass is 10.0. The number of aryl methyl sites for hydroxylation is 1. The summed E-state index contributed by atoms with van der Waals surface area (Å²) >= 11 is 0. The second kappa shape index (κ2) is 7.53. The summed E-state index contributed by atoms with van der Waals surface area (Å²) in [7, 11) is 3.51. The Hall–Kier alpha value is -1.93. The number of morpholine rings is 1. The molecule has 2 aliphatic rings. The van der Waals surface area contributed by atoms with Crippen LogP contribution in [0.5, 0.6) is 0 Å². The smallest absolute Gasteiger partial charge is 0.251 e. The van der Waals surface area contributed by atoms with Crippen molar-refractivity contribution in [3.63, 3.8) is 0 Å². The maximum Gasteiger partial charge on any atom is 0.251 e. The van der Waals surface area contributed by atoms with Crippen LogP contribution in [0.25, 0.3) is 0 Å². The minimum atomic E-state index is -0.720. The van der Waals surface area contributed by atoms with E-state index in [0.717, 1.165) is 18.7 Å². The van der Waals surface area contributed by atoms with Gasteiger partial charge in [0.05, 0.1) is 12.2 Å². The van der Waals surface area contributed by atoms with Crippen molar-refractivity contribution in [1.82, 2.24) is 24.9 Å². The van der Waals surface area contributed by atoms with E-state index >= 15 is 0 Å². The lowest BCUT2D eigenvalue weighted by molar-refractivity contribution is -0.162. The van der Waals surface area contributed by atoms with Gasteiger partial charge in [-0.05, 0) is 19.4 Å². The molecule has 25 heavy (non-hydrogen) atoms. The van der Waals surface area contributed by atoms with Crippen molar-refractivity contribution in [1.29, 1.82) is 0 Å². The molecular weight excluding hydrogens is 322 g/mol. The Bertz CT molecular complexity index is 628. The average Bonchev–Trinajstić information content (AvgIpc) is 3.35. The average molecular weight is 349 g/mol. The summed E-state index contributed by atoms with van der Waals surface area (Å²) in [6.07, 6.45) is 5.28. The van der Waals surface area contributed by atoms with Crippen LogP contribution in [-0.4, -0.2) is 76.8 Å². The molecule has 1 saturated carbocycles. The quantitative estimate of drug-likeness (QED) is 0.745. The molecule has 0 unspecified atom stereocenters. The maximum atomic E-state index is 12.7. The van der Waals surface area contributed by atoms with Crippen molar-refractivity contribution in [2.75, 3.05) is 33.3 Å². The minimum Gasteiger partial charge on any atom is -0.356 e. The van der Waals surface area contributed by atoms with Gasteiger partial charge in [0.25, 0.3) is 5.91 Å². The molecule has 2 atom stereocenters. The highest BCUT2D eigenvalue weighted by Crippen LogP contribution is 2.29. The molecule has 8 nitrogen and oxygen atoms in total. The third kappa shape index (κ3) is 4.01. The summed E-state index contributed by atoms with van der Waals surface area (Å²) < 4.78 is 7.25. The van der Waals surface area contributed by atoms with Gasteiger partial charge in [-0.1, -0.05) is 6.92 Å². The van der Waals surface area contributed by atoms with Gasteiger partial charge in [-0.3, -0.25) is 19.2 Å². The Morgan fingerprint density at radius 1 is 1.44 bits per heavy atom. The molecule has 2 fully saturated rings. The van der Waals surface area contributed by atoms with Gasteiger partial charge in [0.2, 0.25) is 5.91 Å². The molecule has 1 aliphatic carbocycles. The molecule has 1 aromatic heterocycles. The molecule has 1 aliphatic heterocycles. The van der Waals surface area contributed by atoms with E-state index < -0.39 is 12.1 Å². The highest BCUT2D eigenvalue weighted by molar-refractivity contribution is 5.86. The Morgan fingerprint density at radius 2 is 2.20 bits per heavy atom. The van der Waals surface area contributed by atoms with Crippen molar-refractivity contribution >= 4 is 11.8 Å². The van der Waals surface area contributed by atoms with Gasteiger partial charge in [0.1, 0.15) is 6.61 Å². The van der Waals surface area contributed by atoms with E-state index in [2.05, 4.69) is 22.2 Å². The van der Waals surface area contributed by atoms with Crippen molar-refractivity contribution in [2.24, 2.45) is 7.05 Å². The third-order valence-corrected chi connectivity index (χ3v) is 4.98. The van der Waals surface area contributed by atoms with Crippen LogP contribution >= 0.6 is 0 Å². The lowest BCUT2D eigenvalue weighted by Crippen LogP contribution is -2.53. The fourth-order valence-electron chi connectivity index (χ4n) is 3.38. The van der Waals surface area contributed by atoms with Crippen LogP contribution < -0.4 is 5.32 Å². The second-order valence-electron chi connectivity index (χ2n) is 6.78. The summed E-state index contributed by atoms with van der Waals surface area (Å²) in [6.45, 7) is 4.49. The SMILES string of the molecule is CCN(CCNC(=O)[C@@H]1OCC(=O)N(C)[C@@H]1c1cnn(C)c1)C1CC1. The molecular formula is C17H27N5O3. The number of carbonyl (C=O) groups is 2. The van der Waals surface area contributed by atoms with E-state index in [0.29, 0.717) is 12.6 Å². The van der Waals surface area contributed by atoms with Crippen molar-refractivity contribution in [3.8, 4) is 0 Å². The van der Waals surface area contributed by atoms with Crippen molar-refractivity contribution in [2.45, 2.75) is 38.0 Å². The van der Waals surface area contributed by atoms with Crippen LogP contribution in [0.4, 0.5) is 0 Å². The number of hydrogen-bond donors (Lipinski definition) is 1. The standard InChI is InChI=1S/C17H27N5O3/c1-4-22(13-5-6-13)8-7-18-17(24)16-15(12-9-19-20(2)10-12)21(3)14(23)11-25-16/h9-10,13,15-16H,4-8,11H2,1-3H3,(H,18,24)/t15-,16-/m1/s1. The Morgan fingerprint density at radius 3 is 2.80 bits per heavy atom. The van der Waals surface area contributed by atoms with Gasteiger partial charge < -0.3 is 15.0 Å². The van der Waals surface area contributed by atoms with Crippen LogP contribution in [0.1, 0.15) is 31.4 Å². The van der Waals surface area contributed by atoms with Crippen molar-refractivity contribution in [3.05, 3.63) is 18.0 Å². The molecule has 0 bridgehead atoms. The van der Waals surface area contributed by atoms with Crippen LogP contribution in [-0.2, 0) is 21.4 Å². The number of ether oxygens (including phenoxy) is 1. The summed E-state index contributed by atoms with van der Waals surface area (Å²) in [6, 6.07) is 0.223. The molecule has 3 rings (SSSR count). The Labute approximate surface area is 148 Å². The molecule has 0 radical (unpaired) electrons. The number of rotatable bonds is 7. The van der Waals surface area contributed by atoms with Gasteiger partial charge >= 0.3 is 0 Å². The van der Waals surface area contributed by atoms with Gasteiger partial charge in [0, 0.05) is 45.0 Å². The van der Waals surface area contributed by atoms with Crippen LogP contribution in [0.15, 0.2) is 12.4 Å². The van der Waals surface area contributed by atoms with Gasteiger partial charge in [-0.25, -0.2) is 0 Å².